The van der Waals surface area contributed by atoms with Crippen molar-refractivity contribution in [1.29, 1.82) is 0 Å². The number of anilines is 1. The average molecular weight is 397 g/mol. The molecule has 29 heavy (non-hydrogen) atoms. The van der Waals surface area contributed by atoms with E-state index in [9.17, 15) is 9.59 Å². The summed E-state index contributed by atoms with van der Waals surface area (Å²) >= 11 is 0. The molecule has 0 radical (unpaired) electrons. The fourth-order valence-electron chi connectivity index (χ4n) is 3.32. The predicted octanol–water partition coefficient (Wildman–Crippen LogP) is -0.269. The van der Waals surface area contributed by atoms with Gasteiger partial charge in [-0.3, -0.25) is 14.6 Å². The number of guanidine groups is 1. The minimum Gasteiger partial charge on any atom is -0.402 e. The van der Waals surface area contributed by atoms with E-state index in [1.54, 1.807) is 0 Å². The Kier molecular flexibility index (Phi) is 4.49. The molecule has 2 aromatic rings. The number of urea groups is 1. The van der Waals surface area contributed by atoms with E-state index in [0.717, 1.165) is 23.3 Å². The number of fused-ring (bicyclic) bond motifs is 1. The van der Waals surface area contributed by atoms with Crippen LogP contribution in [0, 0.1) is 0 Å². The summed E-state index contributed by atoms with van der Waals surface area (Å²) in [4.78, 5) is 35.7. The van der Waals surface area contributed by atoms with Gasteiger partial charge in [0.25, 0.3) is 0 Å². The molecule has 0 atom stereocenters. The number of carbonyl (C=O) groups excluding carboxylic acids is 2. The summed E-state index contributed by atoms with van der Waals surface area (Å²) in [5.74, 6) is 0.445. The molecule has 0 spiro atoms. The number of imidazole rings is 1. The van der Waals surface area contributed by atoms with Gasteiger partial charge in [0.1, 0.15) is 12.4 Å². The van der Waals surface area contributed by atoms with Crippen LogP contribution in [0.3, 0.4) is 0 Å². The van der Waals surface area contributed by atoms with Crippen molar-refractivity contribution >= 4 is 29.2 Å². The summed E-state index contributed by atoms with van der Waals surface area (Å²) in [6.45, 7) is 0.330. The number of aromatic nitrogens is 2. The molecule has 3 heterocycles. The van der Waals surface area contributed by atoms with E-state index in [1.807, 2.05) is 22.9 Å². The monoisotopic (exact) mass is 397 g/mol. The number of hydrogen-bond donors (Lipinski definition) is 4. The highest BCUT2D eigenvalue weighted by Gasteiger charge is 2.36. The fourth-order valence-corrected chi connectivity index (χ4v) is 3.32. The summed E-state index contributed by atoms with van der Waals surface area (Å²) in [5.41, 5.74) is 19.3. The maximum Gasteiger partial charge on any atom is 0.331 e. The fraction of sp³-hybridized carbons (Fsp3) is 0.333. The minimum absolute atomic E-state index is 0.00408. The van der Waals surface area contributed by atoms with Crippen LogP contribution in [0.25, 0.3) is 5.65 Å². The molecular formula is C18H23N9O2. The number of nitrogens with two attached hydrogens (primary N) is 3. The number of imide groups is 1. The summed E-state index contributed by atoms with van der Waals surface area (Å²) in [7, 11) is 1.48. The van der Waals surface area contributed by atoms with Gasteiger partial charge in [-0.05, 0) is 30.4 Å². The standard InChI is InChI=1S/C18H23N9O2/c1-25-15(28)9-27(18(25)29)13-4-11(10-2-3-10)7-26-8-12(23-16(13)26)6-22-14(5-19)24-17(20)21/h4-5,7-8,10,22H,2-3,6,9,19H2,1H3,(H4,20,21,24)/b14-5-. The summed E-state index contributed by atoms with van der Waals surface area (Å²) < 4.78 is 1.89. The van der Waals surface area contributed by atoms with Crippen molar-refractivity contribution in [2.75, 3.05) is 18.5 Å². The van der Waals surface area contributed by atoms with Crippen molar-refractivity contribution in [2.45, 2.75) is 25.3 Å². The lowest BCUT2D eigenvalue weighted by Crippen LogP contribution is -2.30. The van der Waals surface area contributed by atoms with E-state index in [0.29, 0.717) is 35.3 Å². The Labute approximate surface area is 166 Å². The molecule has 0 aromatic carbocycles. The predicted molar refractivity (Wildman–Crippen MR) is 108 cm³/mol. The zero-order chi connectivity index (χ0) is 20.7. The quantitative estimate of drug-likeness (QED) is 0.296. The molecule has 7 N–H and O–H groups in total. The second-order valence-electron chi connectivity index (χ2n) is 7.16. The first-order valence-corrected chi connectivity index (χ1v) is 9.22. The van der Waals surface area contributed by atoms with Gasteiger partial charge in [-0.25, -0.2) is 9.78 Å². The Morgan fingerprint density at radius 1 is 1.34 bits per heavy atom. The molecule has 3 amide bonds. The topological polar surface area (TPSA) is 160 Å². The second-order valence-corrected chi connectivity index (χ2v) is 7.16. The summed E-state index contributed by atoms with van der Waals surface area (Å²) in [5, 5.41) is 3.01. The van der Waals surface area contributed by atoms with Crippen molar-refractivity contribution in [3.63, 3.8) is 0 Å². The van der Waals surface area contributed by atoms with Crippen molar-refractivity contribution in [3.8, 4) is 0 Å². The molecule has 0 unspecified atom stereocenters. The first kappa shape index (κ1) is 18.6. The largest absolute Gasteiger partial charge is 0.402 e. The van der Waals surface area contributed by atoms with Crippen LogP contribution in [0.15, 0.2) is 35.5 Å². The maximum atomic E-state index is 12.5. The number of pyridine rings is 1. The maximum absolute atomic E-state index is 12.5. The van der Waals surface area contributed by atoms with Crippen LogP contribution < -0.4 is 27.4 Å². The van der Waals surface area contributed by atoms with Gasteiger partial charge in [-0.2, -0.15) is 4.99 Å². The second kappa shape index (κ2) is 7.00. The van der Waals surface area contributed by atoms with E-state index in [-0.39, 0.29) is 24.4 Å². The molecule has 152 valence electrons. The lowest BCUT2D eigenvalue weighted by atomic mass is 10.1. The van der Waals surface area contributed by atoms with Crippen LogP contribution in [0.2, 0.25) is 0 Å². The molecule has 11 nitrogen and oxygen atoms in total. The average Bonchev–Trinajstić information content (AvgIpc) is 3.41. The molecule has 2 aliphatic rings. The summed E-state index contributed by atoms with van der Waals surface area (Å²) in [6, 6.07) is 1.61. The van der Waals surface area contributed by atoms with Gasteiger partial charge in [0.2, 0.25) is 5.91 Å². The number of aliphatic imine (C=N–C) groups is 1. The summed E-state index contributed by atoms with van der Waals surface area (Å²) in [6.07, 6.45) is 7.38. The van der Waals surface area contributed by atoms with Gasteiger partial charge in [0.05, 0.1) is 17.9 Å². The van der Waals surface area contributed by atoms with Crippen molar-refractivity contribution in [3.05, 3.63) is 41.7 Å². The van der Waals surface area contributed by atoms with Crippen molar-refractivity contribution in [1.82, 2.24) is 19.6 Å². The molecule has 2 aromatic heterocycles. The molecule has 2 fully saturated rings. The van der Waals surface area contributed by atoms with E-state index in [2.05, 4.69) is 15.3 Å². The zero-order valence-electron chi connectivity index (χ0n) is 16.0. The third kappa shape index (κ3) is 3.53. The highest BCUT2D eigenvalue weighted by atomic mass is 16.2. The lowest BCUT2D eigenvalue weighted by molar-refractivity contribution is -0.123. The van der Waals surface area contributed by atoms with E-state index >= 15 is 0 Å². The van der Waals surface area contributed by atoms with Gasteiger partial charge in [0.15, 0.2) is 11.6 Å². The number of amides is 3. The smallest absolute Gasteiger partial charge is 0.331 e. The van der Waals surface area contributed by atoms with Crippen LogP contribution in [0.5, 0.6) is 0 Å². The van der Waals surface area contributed by atoms with Crippen LogP contribution >= 0.6 is 0 Å². The Hall–Kier alpha value is -3.76. The Bertz CT molecular complexity index is 1050. The molecule has 4 rings (SSSR count). The minimum atomic E-state index is -0.353. The molecular weight excluding hydrogens is 374 g/mol. The Morgan fingerprint density at radius 3 is 2.69 bits per heavy atom. The molecule has 1 aliphatic heterocycles. The van der Waals surface area contributed by atoms with Gasteiger partial charge >= 0.3 is 6.03 Å². The number of rotatable bonds is 6. The Balaban J connectivity index is 1.69. The molecule has 1 aliphatic carbocycles. The number of nitrogens with zero attached hydrogens (tertiary/aromatic N) is 5. The Morgan fingerprint density at radius 2 is 2.10 bits per heavy atom. The third-order valence-corrected chi connectivity index (χ3v) is 4.99. The SMILES string of the molecule is CN1C(=O)CN(c2cc(C3CC3)cn3cc(CN/C(=C/N)N=C(N)N)nc23)C1=O. The van der Waals surface area contributed by atoms with E-state index in [4.69, 9.17) is 17.2 Å². The molecule has 1 saturated heterocycles. The van der Waals surface area contributed by atoms with E-state index in [1.165, 1.54) is 18.1 Å². The van der Waals surface area contributed by atoms with Gasteiger partial charge in [-0.1, -0.05) is 0 Å². The highest BCUT2D eigenvalue weighted by Crippen LogP contribution is 2.42. The van der Waals surface area contributed by atoms with Crippen LogP contribution in [0.4, 0.5) is 10.5 Å². The molecule has 1 saturated carbocycles. The first-order chi connectivity index (χ1) is 13.9. The number of nitrogens with one attached hydrogen (secondary N) is 1. The molecule has 0 bridgehead atoms. The first-order valence-electron chi connectivity index (χ1n) is 9.22. The van der Waals surface area contributed by atoms with Gasteiger partial charge < -0.3 is 26.9 Å². The van der Waals surface area contributed by atoms with E-state index < -0.39 is 0 Å². The van der Waals surface area contributed by atoms with Crippen molar-refractivity contribution < 1.29 is 9.59 Å². The zero-order valence-corrected chi connectivity index (χ0v) is 16.0. The van der Waals surface area contributed by atoms with Gasteiger partial charge in [0, 0.05) is 25.6 Å². The number of carbonyl (C=O) groups is 2. The molecule has 11 heteroatoms. The van der Waals surface area contributed by atoms with Crippen LogP contribution in [0.1, 0.15) is 30.0 Å². The van der Waals surface area contributed by atoms with Crippen LogP contribution in [-0.2, 0) is 11.3 Å². The van der Waals surface area contributed by atoms with Gasteiger partial charge in [-0.15, -0.1) is 0 Å². The number of likely N-dealkylation sites (N-methyl/N-ethyl adjacent to an activating group) is 1. The van der Waals surface area contributed by atoms with Crippen molar-refractivity contribution in [2.24, 2.45) is 22.2 Å². The van der Waals surface area contributed by atoms with Crippen LogP contribution in [-0.4, -0.2) is 45.8 Å². The normalized spacial score (nSPS) is 17.3. The third-order valence-electron chi connectivity index (χ3n) is 4.99. The lowest BCUT2D eigenvalue weighted by Gasteiger charge is -2.17. The highest BCUT2D eigenvalue weighted by molar-refractivity contribution is 6.13. The number of hydrogen-bond acceptors (Lipinski definition) is 6.